The van der Waals surface area contributed by atoms with Crippen molar-refractivity contribution in [2.75, 3.05) is 13.7 Å². The maximum atomic E-state index is 13.1. The number of H-pyrrole nitrogens is 1. The van der Waals surface area contributed by atoms with Crippen LogP contribution in [0.1, 0.15) is 74.0 Å². The van der Waals surface area contributed by atoms with E-state index in [-0.39, 0.29) is 11.6 Å². The summed E-state index contributed by atoms with van der Waals surface area (Å²) in [4.78, 5) is 18.7. The summed E-state index contributed by atoms with van der Waals surface area (Å²) in [5.41, 5.74) is 4.09. The molecule has 1 aliphatic carbocycles. The average Bonchev–Trinajstić information content (AvgIpc) is 3.28. The maximum absolute atomic E-state index is 13.1. The summed E-state index contributed by atoms with van der Waals surface area (Å²) in [6, 6.07) is 6.74. The van der Waals surface area contributed by atoms with Gasteiger partial charge in [0, 0.05) is 30.8 Å². The molecule has 0 amide bonds. The Morgan fingerprint density at radius 1 is 1.18 bits per heavy atom. The molecular formula is C25H36N6O2. The van der Waals surface area contributed by atoms with Crippen LogP contribution in [0.25, 0.3) is 10.9 Å². The molecule has 0 unspecified atom stereocenters. The smallest absolute Gasteiger partial charge is 0.252 e. The molecule has 33 heavy (non-hydrogen) atoms. The van der Waals surface area contributed by atoms with Crippen LogP contribution in [0.15, 0.2) is 23.0 Å². The van der Waals surface area contributed by atoms with Crippen LogP contribution in [0.5, 0.6) is 0 Å². The molecule has 0 aliphatic heterocycles. The molecule has 1 atom stereocenters. The van der Waals surface area contributed by atoms with Crippen molar-refractivity contribution >= 4 is 10.9 Å². The average molecular weight is 453 g/mol. The highest BCUT2D eigenvalue weighted by Gasteiger charge is 2.32. The summed E-state index contributed by atoms with van der Waals surface area (Å²) >= 11 is 0. The van der Waals surface area contributed by atoms with E-state index in [0.717, 1.165) is 41.6 Å². The van der Waals surface area contributed by atoms with E-state index < -0.39 is 0 Å². The zero-order valence-corrected chi connectivity index (χ0v) is 20.3. The second-order valence-electron chi connectivity index (χ2n) is 9.29. The van der Waals surface area contributed by atoms with Gasteiger partial charge in [-0.1, -0.05) is 26.2 Å². The zero-order chi connectivity index (χ0) is 23.4. The molecule has 1 aromatic carbocycles. The van der Waals surface area contributed by atoms with E-state index in [1.54, 1.807) is 7.11 Å². The van der Waals surface area contributed by atoms with Crippen molar-refractivity contribution in [3.63, 3.8) is 0 Å². The van der Waals surface area contributed by atoms with Gasteiger partial charge in [-0.2, -0.15) is 0 Å². The fraction of sp³-hybridized carbons (Fsp3) is 0.600. The summed E-state index contributed by atoms with van der Waals surface area (Å²) < 4.78 is 7.11. The number of benzene rings is 1. The number of hydrogen-bond acceptors (Lipinski definition) is 6. The third-order valence-electron chi connectivity index (χ3n) is 7.08. The van der Waals surface area contributed by atoms with Gasteiger partial charge >= 0.3 is 0 Å². The van der Waals surface area contributed by atoms with E-state index in [2.05, 4.69) is 64.4 Å². The first-order valence-electron chi connectivity index (χ1n) is 12.2. The minimum atomic E-state index is -0.0135. The molecule has 0 spiro atoms. The van der Waals surface area contributed by atoms with Gasteiger partial charge in [-0.15, -0.1) is 5.10 Å². The molecule has 8 nitrogen and oxygen atoms in total. The van der Waals surface area contributed by atoms with Crippen LogP contribution >= 0.6 is 0 Å². The van der Waals surface area contributed by atoms with Crippen LogP contribution in [-0.4, -0.2) is 49.8 Å². The lowest BCUT2D eigenvalue weighted by molar-refractivity contribution is 0.0826. The number of hydrogen-bond donors (Lipinski definition) is 1. The Balaban J connectivity index is 1.72. The topological polar surface area (TPSA) is 88.9 Å². The van der Waals surface area contributed by atoms with E-state index in [1.165, 1.54) is 30.4 Å². The minimum absolute atomic E-state index is 0.0135. The zero-order valence-electron chi connectivity index (χ0n) is 20.3. The number of aryl methyl sites for hydroxylation is 2. The molecule has 0 bridgehead atoms. The van der Waals surface area contributed by atoms with E-state index in [4.69, 9.17) is 4.74 Å². The van der Waals surface area contributed by atoms with Gasteiger partial charge in [-0.25, -0.2) is 4.68 Å². The fourth-order valence-corrected chi connectivity index (χ4v) is 5.10. The summed E-state index contributed by atoms with van der Waals surface area (Å²) in [7, 11) is 1.69. The molecule has 1 saturated carbocycles. The van der Waals surface area contributed by atoms with Crippen molar-refractivity contribution in [2.45, 2.75) is 84.5 Å². The van der Waals surface area contributed by atoms with Gasteiger partial charge < -0.3 is 9.72 Å². The fourth-order valence-electron chi connectivity index (χ4n) is 5.10. The van der Waals surface area contributed by atoms with Crippen molar-refractivity contribution < 1.29 is 4.74 Å². The molecule has 4 rings (SSSR count). The number of ether oxygens (including phenoxy) is 1. The van der Waals surface area contributed by atoms with E-state index in [9.17, 15) is 4.79 Å². The van der Waals surface area contributed by atoms with Crippen molar-refractivity contribution in [3.05, 3.63) is 51.1 Å². The number of methoxy groups -OCH3 is 1. The summed E-state index contributed by atoms with van der Waals surface area (Å²) in [5, 5.41) is 13.7. The van der Waals surface area contributed by atoms with Gasteiger partial charge in [0.25, 0.3) is 5.56 Å². The third kappa shape index (κ3) is 5.17. The number of aromatic nitrogens is 5. The monoisotopic (exact) mass is 452 g/mol. The van der Waals surface area contributed by atoms with Crippen LogP contribution < -0.4 is 5.56 Å². The predicted octanol–water partition coefficient (Wildman–Crippen LogP) is 4.06. The molecule has 2 heterocycles. The Morgan fingerprint density at radius 3 is 2.67 bits per heavy atom. The van der Waals surface area contributed by atoms with Gasteiger partial charge in [0.05, 0.1) is 19.2 Å². The number of nitrogens with one attached hydrogen (secondary N) is 1. The molecule has 178 valence electrons. The lowest BCUT2D eigenvalue weighted by Gasteiger charge is -2.39. The van der Waals surface area contributed by atoms with Crippen LogP contribution in [0, 0.1) is 13.8 Å². The van der Waals surface area contributed by atoms with Crippen LogP contribution in [-0.2, 0) is 17.8 Å². The molecule has 8 heteroatoms. The highest BCUT2D eigenvalue weighted by Crippen LogP contribution is 2.33. The summed E-state index contributed by atoms with van der Waals surface area (Å²) in [5.74, 6) is 0.851. The third-order valence-corrected chi connectivity index (χ3v) is 7.08. The van der Waals surface area contributed by atoms with E-state index >= 15 is 0 Å². The maximum Gasteiger partial charge on any atom is 0.252 e. The van der Waals surface area contributed by atoms with Crippen molar-refractivity contribution in [3.8, 4) is 0 Å². The molecule has 2 aromatic heterocycles. The van der Waals surface area contributed by atoms with E-state index in [0.29, 0.717) is 25.7 Å². The van der Waals surface area contributed by atoms with Gasteiger partial charge in [0.2, 0.25) is 0 Å². The molecule has 1 N–H and O–H groups in total. The van der Waals surface area contributed by atoms with Gasteiger partial charge in [0.1, 0.15) is 0 Å². The number of rotatable bonds is 9. The highest BCUT2D eigenvalue weighted by atomic mass is 16.5. The number of tetrazole rings is 1. The molecular weight excluding hydrogens is 416 g/mol. The first-order valence-corrected chi connectivity index (χ1v) is 12.2. The summed E-state index contributed by atoms with van der Waals surface area (Å²) in [6.45, 7) is 8.11. The van der Waals surface area contributed by atoms with Gasteiger partial charge in [-0.05, 0) is 78.2 Å². The minimum Gasteiger partial charge on any atom is -0.383 e. The Hall–Kier alpha value is -2.58. The molecule has 3 aromatic rings. The quantitative estimate of drug-likeness (QED) is 0.527. The lowest BCUT2D eigenvalue weighted by atomic mass is 9.92. The Labute approximate surface area is 195 Å². The molecule has 0 radical (unpaired) electrons. The van der Waals surface area contributed by atoms with Crippen LogP contribution in [0.2, 0.25) is 0 Å². The lowest BCUT2D eigenvalue weighted by Crippen LogP contribution is -2.41. The normalized spacial score (nSPS) is 16.0. The van der Waals surface area contributed by atoms with Gasteiger partial charge in [-0.3, -0.25) is 9.69 Å². The van der Waals surface area contributed by atoms with Gasteiger partial charge in [0.15, 0.2) is 5.82 Å². The van der Waals surface area contributed by atoms with Crippen LogP contribution in [0.3, 0.4) is 0 Å². The number of pyridine rings is 1. The van der Waals surface area contributed by atoms with Crippen LogP contribution in [0.4, 0.5) is 0 Å². The number of nitrogens with zero attached hydrogens (tertiary/aromatic N) is 5. The number of aromatic amines is 1. The van der Waals surface area contributed by atoms with Crippen molar-refractivity contribution in [1.82, 2.24) is 30.1 Å². The first kappa shape index (κ1) is 23.6. The SMILES string of the molecule is CC[C@H](c1nnnn1CCOC)N(Cc1cc2cc(C)c(C)cc2[nH]c1=O)C1CCCCC1. The first-order chi connectivity index (χ1) is 16.0. The molecule has 1 aliphatic rings. The van der Waals surface area contributed by atoms with E-state index in [1.807, 2.05) is 4.68 Å². The second-order valence-corrected chi connectivity index (χ2v) is 9.29. The van der Waals surface area contributed by atoms with Crippen molar-refractivity contribution in [2.24, 2.45) is 0 Å². The Kier molecular flexibility index (Phi) is 7.55. The summed E-state index contributed by atoms with van der Waals surface area (Å²) in [6.07, 6.45) is 6.87. The second kappa shape index (κ2) is 10.6. The molecule has 0 saturated heterocycles. The standard InChI is InChI=1S/C25H36N6O2/c1-5-23(24-27-28-29-31(24)11-12-33-4)30(21-9-7-6-8-10-21)16-20-15-19-13-17(2)18(3)14-22(19)26-25(20)32/h13-15,21,23H,5-12,16H2,1-4H3,(H,26,32)/t23-/m1/s1. The largest absolute Gasteiger partial charge is 0.383 e. The number of fused-ring (bicyclic) bond motifs is 1. The Morgan fingerprint density at radius 2 is 1.94 bits per heavy atom. The van der Waals surface area contributed by atoms with Crippen molar-refractivity contribution in [1.29, 1.82) is 0 Å². The predicted molar refractivity (Wildman–Crippen MR) is 129 cm³/mol. The Bertz CT molecular complexity index is 1130. The molecule has 1 fully saturated rings. The highest BCUT2D eigenvalue weighted by molar-refractivity contribution is 5.80.